The number of morpholine rings is 1. The van der Waals surface area contributed by atoms with E-state index in [4.69, 9.17) is 27.9 Å². The minimum atomic E-state index is -3.91. The van der Waals surface area contributed by atoms with Gasteiger partial charge in [0.15, 0.2) is 0 Å². The molecule has 31 heavy (non-hydrogen) atoms. The number of hydrogen-bond acceptors (Lipinski definition) is 4. The molecule has 2 aliphatic heterocycles. The lowest BCUT2D eigenvalue weighted by atomic mass is 10.0. The highest BCUT2D eigenvalue weighted by atomic mass is 35.5. The lowest BCUT2D eigenvalue weighted by Crippen LogP contribution is -2.40. The molecule has 0 N–H and O–H groups in total. The number of rotatable bonds is 4. The number of nitrogens with zero attached hydrogens (tertiary/aromatic N) is 2. The largest absolute Gasteiger partial charge is 0.379 e. The van der Waals surface area contributed by atoms with E-state index < -0.39 is 10.0 Å². The van der Waals surface area contributed by atoms with Crippen molar-refractivity contribution in [2.24, 2.45) is 0 Å². The second-order valence-electron chi connectivity index (χ2n) is 7.49. The quantitative estimate of drug-likeness (QED) is 0.651. The van der Waals surface area contributed by atoms with Crippen molar-refractivity contribution >= 4 is 39.1 Å². The van der Waals surface area contributed by atoms with E-state index in [-0.39, 0.29) is 51.4 Å². The molecule has 0 radical (unpaired) electrons. The van der Waals surface area contributed by atoms with E-state index in [0.29, 0.717) is 19.8 Å². The first-order valence-corrected chi connectivity index (χ1v) is 12.1. The van der Waals surface area contributed by atoms with Crippen LogP contribution < -0.4 is 0 Å². The van der Waals surface area contributed by atoms with Crippen molar-refractivity contribution in [2.45, 2.75) is 23.8 Å². The molecule has 6 nitrogen and oxygen atoms in total. The van der Waals surface area contributed by atoms with Crippen LogP contribution >= 0.6 is 23.2 Å². The fourth-order valence-electron chi connectivity index (χ4n) is 4.01. The van der Waals surface area contributed by atoms with Gasteiger partial charge in [0, 0.05) is 19.6 Å². The normalized spacial score (nSPS) is 20.2. The predicted octanol–water partition coefficient (Wildman–Crippen LogP) is 4.13. The lowest BCUT2D eigenvalue weighted by Gasteiger charge is -2.28. The van der Waals surface area contributed by atoms with Crippen molar-refractivity contribution in [3.8, 4) is 0 Å². The Morgan fingerprint density at radius 1 is 1.03 bits per heavy atom. The van der Waals surface area contributed by atoms with Gasteiger partial charge < -0.3 is 9.64 Å². The minimum absolute atomic E-state index is 0.0375. The molecule has 166 valence electrons. The van der Waals surface area contributed by atoms with Crippen molar-refractivity contribution < 1.29 is 22.3 Å². The van der Waals surface area contributed by atoms with Gasteiger partial charge in [0.2, 0.25) is 10.0 Å². The van der Waals surface area contributed by atoms with Crippen molar-refractivity contribution in [3.05, 3.63) is 63.4 Å². The molecule has 0 bridgehead atoms. The van der Waals surface area contributed by atoms with E-state index in [1.165, 1.54) is 28.6 Å². The number of hydrogen-bond donors (Lipinski definition) is 0. The third-order valence-electron chi connectivity index (χ3n) is 5.61. The second kappa shape index (κ2) is 9.03. The predicted molar refractivity (Wildman–Crippen MR) is 115 cm³/mol. The van der Waals surface area contributed by atoms with E-state index in [9.17, 15) is 17.6 Å². The minimum Gasteiger partial charge on any atom is -0.379 e. The summed E-state index contributed by atoms with van der Waals surface area (Å²) in [5, 5.41) is 0.0465. The Labute approximate surface area is 190 Å². The Kier molecular flexibility index (Phi) is 6.55. The van der Waals surface area contributed by atoms with Crippen LogP contribution in [0.3, 0.4) is 0 Å². The van der Waals surface area contributed by atoms with Crippen LogP contribution in [-0.2, 0) is 14.8 Å². The maximum absolute atomic E-state index is 13.4. The van der Waals surface area contributed by atoms with E-state index in [1.54, 1.807) is 17.0 Å². The Balaban J connectivity index is 1.68. The summed E-state index contributed by atoms with van der Waals surface area (Å²) in [6.07, 6.45) is 1.50. The standard InChI is InChI=1S/C21H21Cl2FN2O4S/c22-17-13-18(23)20(31(28,29)25-8-10-30-11-9-25)12-16(17)21(27)26-7-1-2-19(26)14-3-5-15(24)6-4-14/h3-6,12-13,19H,1-2,7-11H2. The fourth-order valence-corrected chi connectivity index (χ4v) is 6.25. The molecule has 10 heteroatoms. The molecular formula is C21H21Cl2FN2O4S. The average Bonchev–Trinajstić information content (AvgIpc) is 3.24. The molecule has 1 atom stereocenters. The van der Waals surface area contributed by atoms with Gasteiger partial charge in [0.25, 0.3) is 5.91 Å². The SMILES string of the molecule is O=C(c1cc(S(=O)(=O)N2CCOCC2)c(Cl)cc1Cl)N1CCCC1c1ccc(F)cc1. The van der Waals surface area contributed by atoms with Crippen LogP contribution in [0.4, 0.5) is 4.39 Å². The maximum Gasteiger partial charge on any atom is 0.255 e. The Bertz CT molecular complexity index is 1090. The van der Waals surface area contributed by atoms with E-state index in [2.05, 4.69) is 0 Å². The zero-order valence-electron chi connectivity index (χ0n) is 16.6. The molecule has 2 fully saturated rings. The summed E-state index contributed by atoms with van der Waals surface area (Å²) in [5.74, 6) is -0.731. The van der Waals surface area contributed by atoms with Gasteiger partial charge in [-0.25, -0.2) is 12.8 Å². The molecule has 2 aliphatic rings. The van der Waals surface area contributed by atoms with Gasteiger partial charge in [-0.1, -0.05) is 35.3 Å². The van der Waals surface area contributed by atoms with Crippen LogP contribution in [0.15, 0.2) is 41.3 Å². The van der Waals surface area contributed by atoms with Crippen LogP contribution in [0.5, 0.6) is 0 Å². The van der Waals surface area contributed by atoms with Crippen molar-refractivity contribution in [1.82, 2.24) is 9.21 Å². The summed E-state index contributed by atoms with van der Waals surface area (Å²) in [6, 6.07) is 8.35. The molecule has 2 saturated heterocycles. The average molecular weight is 487 g/mol. The number of ether oxygens (including phenoxy) is 1. The van der Waals surface area contributed by atoms with E-state index in [1.807, 2.05) is 0 Å². The number of carbonyl (C=O) groups is 1. The van der Waals surface area contributed by atoms with Gasteiger partial charge in [-0.2, -0.15) is 4.31 Å². The number of halogens is 3. The number of sulfonamides is 1. The topological polar surface area (TPSA) is 66.9 Å². The van der Waals surface area contributed by atoms with Gasteiger partial charge in [-0.3, -0.25) is 4.79 Å². The fraction of sp³-hybridized carbons (Fsp3) is 0.381. The maximum atomic E-state index is 13.4. The van der Waals surface area contributed by atoms with E-state index in [0.717, 1.165) is 18.4 Å². The molecular weight excluding hydrogens is 466 g/mol. The summed E-state index contributed by atoms with van der Waals surface area (Å²) in [7, 11) is -3.91. The first-order valence-electron chi connectivity index (χ1n) is 9.92. The molecule has 0 aromatic heterocycles. The molecule has 0 aliphatic carbocycles. The summed E-state index contributed by atoms with van der Waals surface area (Å²) < 4.78 is 46.1. The molecule has 0 saturated carbocycles. The zero-order valence-corrected chi connectivity index (χ0v) is 18.9. The number of benzene rings is 2. The van der Waals surface area contributed by atoms with Crippen LogP contribution in [0.25, 0.3) is 0 Å². The highest BCUT2D eigenvalue weighted by molar-refractivity contribution is 7.89. The number of likely N-dealkylation sites (tertiary alicyclic amines) is 1. The Morgan fingerprint density at radius 2 is 1.71 bits per heavy atom. The van der Waals surface area contributed by atoms with Crippen molar-refractivity contribution in [3.63, 3.8) is 0 Å². The molecule has 2 aromatic rings. The van der Waals surface area contributed by atoms with Gasteiger partial charge >= 0.3 is 0 Å². The van der Waals surface area contributed by atoms with Crippen LogP contribution in [-0.4, -0.2) is 56.4 Å². The highest BCUT2D eigenvalue weighted by Gasteiger charge is 2.34. The molecule has 1 unspecified atom stereocenters. The third kappa shape index (κ3) is 4.45. The van der Waals surface area contributed by atoms with Crippen LogP contribution in [0.1, 0.15) is 34.8 Å². The molecule has 0 spiro atoms. The zero-order chi connectivity index (χ0) is 22.2. The van der Waals surface area contributed by atoms with Crippen molar-refractivity contribution in [2.75, 3.05) is 32.8 Å². The lowest BCUT2D eigenvalue weighted by molar-refractivity contribution is 0.0727. The summed E-state index contributed by atoms with van der Waals surface area (Å²) >= 11 is 12.5. The first-order chi connectivity index (χ1) is 14.8. The van der Waals surface area contributed by atoms with Gasteiger partial charge in [-0.15, -0.1) is 0 Å². The van der Waals surface area contributed by atoms with Gasteiger partial charge in [0.05, 0.1) is 34.9 Å². The van der Waals surface area contributed by atoms with Crippen LogP contribution in [0.2, 0.25) is 10.0 Å². The highest BCUT2D eigenvalue weighted by Crippen LogP contribution is 2.36. The molecule has 2 aromatic carbocycles. The monoisotopic (exact) mass is 486 g/mol. The third-order valence-corrected chi connectivity index (χ3v) is 8.28. The number of carbonyl (C=O) groups excluding carboxylic acids is 1. The molecule has 2 heterocycles. The Hall–Kier alpha value is -1.71. The second-order valence-corrected chi connectivity index (χ2v) is 10.2. The van der Waals surface area contributed by atoms with E-state index >= 15 is 0 Å². The summed E-state index contributed by atoms with van der Waals surface area (Å²) in [4.78, 5) is 14.9. The Morgan fingerprint density at radius 3 is 2.39 bits per heavy atom. The smallest absolute Gasteiger partial charge is 0.255 e. The van der Waals surface area contributed by atoms with Gasteiger partial charge in [-0.05, 0) is 42.7 Å². The number of amides is 1. The summed E-state index contributed by atoms with van der Waals surface area (Å²) in [6.45, 7) is 1.50. The first kappa shape index (κ1) is 22.5. The van der Waals surface area contributed by atoms with Crippen molar-refractivity contribution in [1.29, 1.82) is 0 Å². The summed E-state index contributed by atoms with van der Waals surface area (Å²) in [5.41, 5.74) is 0.894. The van der Waals surface area contributed by atoms with Crippen LogP contribution in [0, 0.1) is 5.82 Å². The molecule has 1 amide bonds. The molecule has 4 rings (SSSR count). The van der Waals surface area contributed by atoms with Gasteiger partial charge in [0.1, 0.15) is 10.7 Å².